The Morgan fingerprint density at radius 3 is 2.58 bits per heavy atom. The van der Waals surface area contributed by atoms with Gasteiger partial charge in [0.05, 0.1) is 50.1 Å². The van der Waals surface area contributed by atoms with E-state index in [0.29, 0.717) is 22.2 Å². The van der Waals surface area contributed by atoms with Gasteiger partial charge in [0.1, 0.15) is 0 Å². The van der Waals surface area contributed by atoms with Crippen LogP contribution in [0.15, 0.2) is 78.0 Å². The summed E-state index contributed by atoms with van der Waals surface area (Å²) in [4.78, 5) is 18.3. The standard InChI is InChI=1S/C25H16ClN5O4S/c26-20-9-21-22(30-25(29-21)31-13-18(12-28-31)24(32)33)10-23(20)36(34,35)14-15-5-7-16(8-6-15)19-4-2-1-3-17(19)11-27/h1-10,12-13H,14H2,(H,29,30)(H,32,33). The zero-order valence-corrected chi connectivity index (χ0v) is 20.0. The number of hydrogen-bond acceptors (Lipinski definition) is 6. The summed E-state index contributed by atoms with van der Waals surface area (Å²) in [5.41, 5.74) is 3.47. The molecule has 0 bridgehead atoms. The Hall–Kier alpha value is -4.46. The van der Waals surface area contributed by atoms with E-state index in [1.807, 2.05) is 12.1 Å². The maximum atomic E-state index is 13.2. The number of aromatic amines is 1. The number of fused-ring (bicyclic) bond motifs is 1. The van der Waals surface area contributed by atoms with Crippen LogP contribution in [-0.4, -0.2) is 39.2 Å². The molecule has 5 rings (SSSR count). The molecule has 0 aliphatic carbocycles. The molecular formula is C25H16ClN5O4S. The lowest BCUT2D eigenvalue weighted by atomic mass is 10.00. The molecule has 2 aromatic heterocycles. The largest absolute Gasteiger partial charge is 0.478 e. The first-order chi connectivity index (χ1) is 17.2. The minimum atomic E-state index is -3.82. The zero-order chi connectivity index (χ0) is 25.4. The van der Waals surface area contributed by atoms with E-state index in [-0.39, 0.29) is 27.2 Å². The molecule has 36 heavy (non-hydrogen) atoms. The van der Waals surface area contributed by atoms with Crippen LogP contribution in [0, 0.1) is 11.3 Å². The van der Waals surface area contributed by atoms with E-state index in [1.54, 1.807) is 36.4 Å². The normalized spacial score (nSPS) is 11.4. The predicted octanol–water partition coefficient (Wildman–Crippen LogP) is 4.61. The fourth-order valence-electron chi connectivity index (χ4n) is 3.80. The molecule has 2 N–H and O–H groups in total. The summed E-state index contributed by atoms with van der Waals surface area (Å²) in [5, 5.41) is 22.4. The summed E-state index contributed by atoms with van der Waals surface area (Å²) in [7, 11) is -3.82. The molecule has 0 radical (unpaired) electrons. The molecule has 0 saturated carbocycles. The van der Waals surface area contributed by atoms with Crippen LogP contribution in [0.3, 0.4) is 0 Å². The first kappa shape index (κ1) is 23.3. The first-order valence-electron chi connectivity index (χ1n) is 10.5. The average molecular weight is 518 g/mol. The summed E-state index contributed by atoms with van der Waals surface area (Å²) < 4.78 is 27.7. The molecule has 5 aromatic rings. The van der Waals surface area contributed by atoms with Crippen LogP contribution in [0.4, 0.5) is 0 Å². The van der Waals surface area contributed by atoms with Crippen molar-refractivity contribution in [2.24, 2.45) is 0 Å². The number of nitrogens with zero attached hydrogens (tertiary/aromatic N) is 4. The molecule has 0 aliphatic heterocycles. The molecule has 178 valence electrons. The van der Waals surface area contributed by atoms with Gasteiger partial charge in [-0.3, -0.25) is 0 Å². The van der Waals surface area contributed by atoms with Crippen LogP contribution < -0.4 is 0 Å². The van der Waals surface area contributed by atoms with Gasteiger partial charge in [-0.2, -0.15) is 10.4 Å². The number of carboxylic acids is 1. The summed E-state index contributed by atoms with van der Waals surface area (Å²) in [6.07, 6.45) is 2.47. The van der Waals surface area contributed by atoms with E-state index in [9.17, 15) is 18.5 Å². The Morgan fingerprint density at radius 2 is 1.89 bits per heavy atom. The van der Waals surface area contributed by atoms with E-state index in [1.165, 1.54) is 29.2 Å². The molecule has 9 nitrogen and oxygen atoms in total. The second kappa shape index (κ2) is 8.96. The Balaban J connectivity index is 1.44. The topological polar surface area (TPSA) is 142 Å². The molecule has 0 aliphatic rings. The SMILES string of the molecule is N#Cc1ccccc1-c1ccc(CS(=O)(=O)c2cc3[nH]c(-n4cc(C(=O)O)cn4)nc3cc2Cl)cc1. The van der Waals surface area contributed by atoms with Crippen molar-refractivity contribution in [3.63, 3.8) is 0 Å². The second-order valence-corrected chi connectivity index (χ2v) is 10.3. The van der Waals surface area contributed by atoms with Crippen molar-refractivity contribution in [1.82, 2.24) is 19.7 Å². The van der Waals surface area contributed by atoms with Crippen LogP contribution >= 0.6 is 11.6 Å². The molecule has 0 atom stereocenters. The third-order valence-electron chi connectivity index (χ3n) is 5.57. The number of sulfone groups is 1. The van der Waals surface area contributed by atoms with Crippen LogP contribution in [0.5, 0.6) is 0 Å². The van der Waals surface area contributed by atoms with Gasteiger partial charge in [0.2, 0.25) is 5.95 Å². The number of aromatic nitrogens is 4. The van der Waals surface area contributed by atoms with Crippen molar-refractivity contribution in [2.45, 2.75) is 10.6 Å². The van der Waals surface area contributed by atoms with Crippen molar-refractivity contribution >= 4 is 38.4 Å². The number of H-pyrrole nitrogens is 1. The highest BCUT2D eigenvalue weighted by Crippen LogP contribution is 2.30. The molecule has 0 unspecified atom stereocenters. The molecule has 0 fully saturated rings. The highest BCUT2D eigenvalue weighted by molar-refractivity contribution is 7.90. The predicted molar refractivity (Wildman–Crippen MR) is 133 cm³/mol. The van der Waals surface area contributed by atoms with E-state index >= 15 is 0 Å². The van der Waals surface area contributed by atoms with Crippen molar-refractivity contribution in [1.29, 1.82) is 5.26 Å². The number of imidazole rings is 1. The van der Waals surface area contributed by atoms with Gasteiger partial charge < -0.3 is 10.1 Å². The maximum absolute atomic E-state index is 13.2. The average Bonchev–Trinajstić information content (AvgIpc) is 3.51. The monoisotopic (exact) mass is 517 g/mol. The number of nitrogens with one attached hydrogen (secondary N) is 1. The number of carboxylic acid groups (broad SMARTS) is 1. The summed E-state index contributed by atoms with van der Waals surface area (Å²) in [6, 6.07) is 19.2. The number of benzene rings is 3. The number of nitriles is 1. The molecule has 11 heteroatoms. The number of aromatic carboxylic acids is 1. The molecule has 0 amide bonds. The van der Waals surface area contributed by atoms with Gasteiger partial charge in [0.25, 0.3) is 0 Å². The van der Waals surface area contributed by atoms with Gasteiger partial charge in [0, 0.05) is 6.20 Å². The molecule has 0 spiro atoms. The fraction of sp³-hybridized carbons (Fsp3) is 0.0400. The smallest absolute Gasteiger partial charge is 0.338 e. The van der Waals surface area contributed by atoms with Gasteiger partial charge in [0.15, 0.2) is 9.84 Å². The Kier molecular flexibility index (Phi) is 5.80. The quantitative estimate of drug-likeness (QED) is 0.335. The lowest BCUT2D eigenvalue weighted by Crippen LogP contribution is -2.06. The lowest BCUT2D eigenvalue weighted by Gasteiger charge is -2.09. The van der Waals surface area contributed by atoms with Crippen molar-refractivity contribution in [2.75, 3.05) is 0 Å². The van der Waals surface area contributed by atoms with Crippen molar-refractivity contribution < 1.29 is 18.3 Å². The number of halogens is 1. The van der Waals surface area contributed by atoms with E-state index < -0.39 is 15.8 Å². The van der Waals surface area contributed by atoms with Crippen LogP contribution in [0.1, 0.15) is 21.5 Å². The Bertz CT molecular complexity index is 1780. The van der Waals surface area contributed by atoms with Gasteiger partial charge in [-0.05, 0) is 34.9 Å². The molecule has 3 aromatic carbocycles. The Labute approximate surface area is 210 Å². The minimum Gasteiger partial charge on any atom is -0.478 e. The summed E-state index contributed by atoms with van der Waals surface area (Å²) >= 11 is 6.33. The number of carbonyl (C=O) groups is 1. The van der Waals surface area contributed by atoms with Gasteiger partial charge in [-0.15, -0.1) is 0 Å². The Morgan fingerprint density at radius 1 is 1.14 bits per heavy atom. The second-order valence-electron chi connectivity index (χ2n) is 7.95. The number of rotatable bonds is 6. The summed E-state index contributed by atoms with van der Waals surface area (Å²) in [5.74, 6) is -1.19. The number of hydrogen-bond donors (Lipinski definition) is 2. The highest BCUT2D eigenvalue weighted by Gasteiger charge is 2.21. The zero-order valence-electron chi connectivity index (χ0n) is 18.4. The third-order valence-corrected chi connectivity index (χ3v) is 7.72. The maximum Gasteiger partial charge on any atom is 0.338 e. The van der Waals surface area contributed by atoms with Crippen molar-refractivity contribution in [3.05, 3.63) is 94.8 Å². The van der Waals surface area contributed by atoms with Gasteiger partial charge >= 0.3 is 5.97 Å². The van der Waals surface area contributed by atoms with Crippen LogP contribution in [-0.2, 0) is 15.6 Å². The third kappa shape index (κ3) is 4.33. The van der Waals surface area contributed by atoms with E-state index in [2.05, 4.69) is 21.1 Å². The highest BCUT2D eigenvalue weighted by atomic mass is 35.5. The van der Waals surface area contributed by atoms with E-state index in [0.717, 1.165) is 11.1 Å². The van der Waals surface area contributed by atoms with Gasteiger partial charge in [-0.25, -0.2) is 22.9 Å². The summed E-state index contributed by atoms with van der Waals surface area (Å²) in [6.45, 7) is 0. The van der Waals surface area contributed by atoms with Crippen molar-refractivity contribution in [3.8, 4) is 23.1 Å². The molecular weight excluding hydrogens is 502 g/mol. The first-order valence-corrected chi connectivity index (χ1v) is 12.6. The molecule has 2 heterocycles. The van der Waals surface area contributed by atoms with E-state index in [4.69, 9.17) is 16.7 Å². The minimum absolute atomic E-state index is 0.0149. The van der Waals surface area contributed by atoms with Crippen LogP contribution in [0.25, 0.3) is 28.1 Å². The van der Waals surface area contributed by atoms with Crippen LogP contribution in [0.2, 0.25) is 5.02 Å². The molecule has 0 saturated heterocycles. The fourth-order valence-corrected chi connectivity index (χ4v) is 5.75. The lowest BCUT2D eigenvalue weighted by molar-refractivity contribution is 0.0697. The van der Waals surface area contributed by atoms with Gasteiger partial charge in [-0.1, -0.05) is 54.1 Å².